The zero-order valence-electron chi connectivity index (χ0n) is 24.4. The maximum atomic E-state index is 13.1. The van der Waals surface area contributed by atoms with Crippen LogP contribution in [0.5, 0.6) is 5.75 Å². The van der Waals surface area contributed by atoms with Gasteiger partial charge >= 0.3 is 0 Å². The fraction of sp³-hybridized carbons (Fsp3) is 0.667. The van der Waals surface area contributed by atoms with Gasteiger partial charge in [-0.3, -0.25) is 29.4 Å². The first-order valence-corrected chi connectivity index (χ1v) is 14.6. The van der Waals surface area contributed by atoms with E-state index >= 15 is 0 Å². The van der Waals surface area contributed by atoms with Gasteiger partial charge in [0.15, 0.2) is 0 Å². The van der Waals surface area contributed by atoms with Crippen LogP contribution in [0, 0.1) is 0 Å². The third-order valence-corrected chi connectivity index (χ3v) is 6.14. The highest BCUT2D eigenvalue weighted by Gasteiger charge is 2.44. The minimum absolute atomic E-state index is 0.192. The van der Waals surface area contributed by atoms with Crippen molar-refractivity contribution in [1.29, 1.82) is 0 Å². The molecule has 1 aromatic rings. The van der Waals surface area contributed by atoms with Gasteiger partial charge in [0.25, 0.3) is 11.8 Å². The maximum absolute atomic E-state index is 13.1. The van der Waals surface area contributed by atoms with E-state index in [0.29, 0.717) is 18.8 Å². The Labute approximate surface area is 230 Å². The quantitative estimate of drug-likeness (QED) is 0.144. The van der Waals surface area contributed by atoms with Gasteiger partial charge in [-0.2, -0.15) is 0 Å². The first kappa shape index (κ1) is 35.3. The number of amides is 4. The summed E-state index contributed by atoms with van der Waals surface area (Å²) in [5, 5.41) is 2.06. The van der Waals surface area contributed by atoms with Crippen LogP contribution in [0.25, 0.3) is 0 Å². The van der Waals surface area contributed by atoms with Crippen LogP contribution in [0.1, 0.15) is 132 Å². The molecular weight excluding hydrogens is 482 g/mol. The lowest BCUT2D eigenvalue weighted by atomic mass is 10.1. The molecule has 0 saturated carbocycles. The summed E-state index contributed by atoms with van der Waals surface area (Å²) < 4.78 is 5.85. The predicted octanol–water partition coefficient (Wildman–Crippen LogP) is 6.01. The molecule has 8 heteroatoms. The van der Waals surface area contributed by atoms with Crippen LogP contribution in [0.2, 0.25) is 0 Å². The predicted molar refractivity (Wildman–Crippen MR) is 153 cm³/mol. The van der Waals surface area contributed by atoms with Crippen LogP contribution in [0.3, 0.4) is 0 Å². The fourth-order valence-corrected chi connectivity index (χ4v) is 3.97. The molecule has 216 valence electrons. The highest BCUT2D eigenvalue weighted by Crippen LogP contribution is 2.33. The fourth-order valence-electron chi connectivity index (χ4n) is 3.97. The molecule has 0 spiro atoms. The molecule has 0 aromatic heterocycles. The number of hydrogen-bond acceptors (Lipinski definition) is 6. The molecular formula is C30H51N3O5. The van der Waals surface area contributed by atoms with Gasteiger partial charge in [-0.1, -0.05) is 98.5 Å². The van der Waals surface area contributed by atoms with E-state index in [1.165, 1.54) is 38.5 Å². The minimum Gasteiger partial charge on any atom is -0.493 e. The molecule has 1 aromatic carbocycles. The smallest absolute Gasteiger partial charge is 0.266 e. The molecule has 1 aliphatic heterocycles. The summed E-state index contributed by atoms with van der Waals surface area (Å²) in [6, 6.07) is 3.87. The monoisotopic (exact) mass is 533 g/mol. The van der Waals surface area contributed by atoms with E-state index in [-0.39, 0.29) is 24.0 Å². The van der Waals surface area contributed by atoms with Crippen molar-refractivity contribution in [2.24, 2.45) is 5.73 Å². The van der Waals surface area contributed by atoms with Crippen molar-refractivity contribution >= 4 is 24.1 Å². The Hall–Kier alpha value is -2.74. The van der Waals surface area contributed by atoms with Gasteiger partial charge in [0.2, 0.25) is 12.3 Å². The largest absolute Gasteiger partial charge is 0.493 e. The number of imide groups is 2. The van der Waals surface area contributed by atoms with Crippen molar-refractivity contribution in [2.75, 3.05) is 13.2 Å². The number of nitrogens with one attached hydrogen (secondary N) is 1. The lowest BCUT2D eigenvalue weighted by Crippen LogP contribution is -2.49. The molecule has 3 N–H and O–H groups in total. The standard InChI is InChI=1S/C24H35N3O5.C4H10.C2H6/c1-2-12-19(22(29)26-17-28)27-23(30)18-13-11-14-20(21(18)24(27)31)32-16-10-8-6-4-3-5-7-9-15-25;1-3-4-2;1-2/h11,13-14,17,19H,2-10,12,15-16,25H2,1H3,(H,26,28,29);3-4H2,1-2H3;1-2H3. The van der Waals surface area contributed by atoms with Crippen LogP contribution in [0.4, 0.5) is 0 Å². The molecule has 0 fully saturated rings. The summed E-state index contributed by atoms with van der Waals surface area (Å²) >= 11 is 0. The third-order valence-electron chi connectivity index (χ3n) is 6.14. The SMILES string of the molecule is CC.CCCC.CCCC(C(=O)NC=O)N1C(=O)c2cccc(OCCCCCCCCCCN)c2C1=O. The van der Waals surface area contributed by atoms with Gasteiger partial charge in [-0.15, -0.1) is 0 Å². The highest BCUT2D eigenvalue weighted by atomic mass is 16.5. The van der Waals surface area contributed by atoms with E-state index in [1.54, 1.807) is 18.2 Å². The van der Waals surface area contributed by atoms with Gasteiger partial charge in [0.05, 0.1) is 17.7 Å². The van der Waals surface area contributed by atoms with E-state index in [0.717, 1.165) is 37.1 Å². The molecule has 0 bridgehead atoms. The van der Waals surface area contributed by atoms with Crippen LogP contribution in [0.15, 0.2) is 18.2 Å². The molecule has 1 atom stereocenters. The van der Waals surface area contributed by atoms with Crippen molar-refractivity contribution in [2.45, 2.75) is 118 Å². The molecule has 0 radical (unpaired) electrons. The zero-order valence-corrected chi connectivity index (χ0v) is 24.4. The highest BCUT2D eigenvalue weighted by molar-refractivity contribution is 6.24. The van der Waals surface area contributed by atoms with E-state index in [9.17, 15) is 19.2 Å². The Morgan fingerprint density at radius 2 is 1.50 bits per heavy atom. The van der Waals surface area contributed by atoms with Crippen molar-refractivity contribution in [3.63, 3.8) is 0 Å². The normalized spacial score (nSPS) is 12.5. The minimum atomic E-state index is -1.03. The zero-order chi connectivity index (χ0) is 28.8. The molecule has 4 amide bonds. The molecule has 1 heterocycles. The van der Waals surface area contributed by atoms with Crippen LogP contribution >= 0.6 is 0 Å². The maximum Gasteiger partial charge on any atom is 0.266 e. The summed E-state index contributed by atoms with van der Waals surface area (Å²) in [5.74, 6) is -1.40. The summed E-state index contributed by atoms with van der Waals surface area (Å²) in [4.78, 5) is 49.9. The van der Waals surface area contributed by atoms with Crippen LogP contribution in [-0.4, -0.2) is 48.2 Å². The number of nitrogens with zero attached hydrogens (tertiary/aromatic N) is 1. The molecule has 38 heavy (non-hydrogen) atoms. The second kappa shape index (κ2) is 22.3. The first-order chi connectivity index (χ1) is 18.5. The molecule has 0 saturated heterocycles. The van der Waals surface area contributed by atoms with Gasteiger partial charge in [0.1, 0.15) is 11.8 Å². The number of unbranched alkanes of at least 4 members (excludes halogenated alkanes) is 8. The number of ether oxygens (including phenoxy) is 1. The Morgan fingerprint density at radius 3 is 2.03 bits per heavy atom. The number of carbonyl (C=O) groups excluding carboxylic acids is 4. The number of nitrogens with two attached hydrogens (primary N) is 1. The Balaban J connectivity index is 0.00000208. The second-order valence-corrected chi connectivity index (χ2v) is 9.06. The Bertz CT molecular complexity index is 826. The van der Waals surface area contributed by atoms with Crippen LogP contribution < -0.4 is 15.8 Å². The van der Waals surface area contributed by atoms with E-state index in [2.05, 4.69) is 19.2 Å². The summed E-state index contributed by atoms with van der Waals surface area (Å²) in [6.45, 7) is 11.4. The average molecular weight is 534 g/mol. The van der Waals surface area contributed by atoms with E-state index in [4.69, 9.17) is 10.5 Å². The first-order valence-electron chi connectivity index (χ1n) is 14.6. The number of rotatable bonds is 17. The number of fused-ring (bicyclic) bond motifs is 1. The number of hydrogen-bond donors (Lipinski definition) is 2. The molecule has 2 rings (SSSR count). The lowest BCUT2D eigenvalue weighted by molar-refractivity contribution is -0.128. The summed E-state index contributed by atoms with van der Waals surface area (Å²) in [6.07, 6.45) is 12.7. The summed E-state index contributed by atoms with van der Waals surface area (Å²) in [5.41, 5.74) is 5.92. The molecule has 8 nitrogen and oxygen atoms in total. The number of benzene rings is 1. The second-order valence-electron chi connectivity index (χ2n) is 9.06. The van der Waals surface area contributed by atoms with E-state index < -0.39 is 23.8 Å². The van der Waals surface area contributed by atoms with Gasteiger partial charge < -0.3 is 10.5 Å². The third kappa shape index (κ3) is 11.8. The van der Waals surface area contributed by atoms with Crippen molar-refractivity contribution < 1.29 is 23.9 Å². The Kier molecular flexibility index (Phi) is 20.7. The Morgan fingerprint density at radius 1 is 0.921 bits per heavy atom. The van der Waals surface area contributed by atoms with Gasteiger partial charge in [-0.25, -0.2) is 0 Å². The summed E-state index contributed by atoms with van der Waals surface area (Å²) in [7, 11) is 0. The number of carbonyl (C=O) groups is 4. The lowest BCUT2D eigenvalue weighted by Gasteiger charge is -2.24. The average Bonchev–Trinajstić information content (AvgIpc) is 3.19. The van der Waals surface area contributed by atoms with Crippen molar-refractivity contribution in [3.8, 4) is 5.75 Å². The van der Waals surface area contributed by atoms with Gasteiger partial charge in [0, 0.05) is 0 Å². The molecule has 0 aliphatic carbocycles. The van der Waals surface area contributed by atoms with Crippen molar-refractivity contribution in [1.82, 2.24) is 10.2 Å². The topological polar surface area (TPSA) is 119 Å². The molecule has 1 unspecified atom stereocenters. The van der Waals surface area contributed by atoms with E-state index in [1.807, 2.05) is 20.8 Å². The van der Waals surface area contributed by atoms with Gasteiger partial charge in [-0.05, 0) is 37.9 Å². The van der Waals surface area contributed by atoms with Crippen LogP contribution in [-0.2, 0) is 9.59 Å². The van der Waals surface area contributed by atoms with Crippen molar-refractivity contribution in [3.05, 3.63) is 29.3 Å². The molecule has 1 aliphatic rings.